The molecule has 1 aliphatic rings. The van der Waals surface area contributed by atoms with Crippen molar-refractivity contribution in [1.29, 1.82) is 0 Å². The SMILES string of the molecule is CC(=O)Cc1cncc(-c2cccc3c(-c4ccc(C(N)=O)c(NC5CCC(O)CC5)c4)nccc23)c1. The summed E-state index contributed by atoms with van der Waals surface area (Å²) in [6.07, 6.45) is 8.54. The maximum atomic E-state index is 12.2. The fourth-order valence-corrected chi connectivity index (χ4v) is 5.17. The van der Waals surface area contributed by atoms with Gasteiger partial charge in [-0.2, -0.15) is 0 Å². The molecule has 1 fully saturated rings. The number of primary amides is 1. The predicted octanol–water partition coefficient (Wildman–Crippen LogP) is 4.91. The van der Waals surface area contributed by atoms with Crippen molar-refractivity contribution in [3.8, 4) is 22.4 Å². The first kappa shape index (κ1) is 24.6. The maximum absolute atomic E-state index is 12.2. The van der Waals surface area contributed by atoms with Crippen LogP contribution in [0.25, 0.3) is 33.2 Å². The molecule has 2 aromatic carbocycles. The van der Waals surface area contributed by atoms with E-state index in [4.69, 9.17) is 10.7 Å². The number of nitrogens with one attached hydrogen (secondary N) is 1. The topological polar surface area (TPSA) is 118 Å². The lowest BCUT2D eigenvalue weighted by Gasteiger charge is -2.28. The number of amides is 1. The van der Waals surface area contributed by atoms with Crippen molar-refractivity contribution in [3.05, 3.63) is 78.2 Å². The summed E-state index contributed by atoms with van der Waals surface area (Å²) in [5.74, 6) is -0.396. The van der Waals surface area contributed by atoms with E-state index in [1.165, 1.54) is 0 Å². The number of fused-ring (bicyclic) bond motifs is 1. The number of carbonyl (C=O) groups excluding carboxylic acids is 2. The predicted molar refractivity (Wildman–Crippen MR) is 145 cm³/mol. The Morgan fingerprint density at radius 1 is 1.00 bits per heavy atom. The summed E-state index contributed by atoms with van der Waals surface area (Å²) in [4.78, 5) is 32.9. The minimum Gasteiger partial charge on any atom is -0.393 e. The van der Waals surface area contributed by atoms with E-state index >= 15 is 0 Å². The number of carbonyl (C=O) groups is 2. The summed E-state index contributed by atoms with van der Waals surface area (Å²) >= 11 is 0. The van der Waals surface area contributed by atoms with Crippen molar-refractivity contribution < 1.29 is 14.7 Å². The molecular formula is C30H30N4O3. The first-order valence-corrected chi connectivity index (χ1v) is 12.6. The van der Waals surface area contributed by atoms with Gasteiger partial charge in [-0.05, 0) is 73.4 Å². The Balaban J connectivity index is 1.56. The summed E-state index contributed by atoms with van der Waals surface area (Å²) in [5.41, 5.74) is 11.3. The van der Waals surface area contributed by atoms with Gasteiger partial charge in [0.15, 0.2) is 0 Å². The van der Waals surface area contributed by atoms with Crippen molar-refractivity contribution in [1.82, 2.24) is 9.97 Å². The number of pyridine rings is 2. The number of nitrogens with zero attached hydrogens (tertiary/aromatic N) is 2. The zero-order valence-corrected chi connectivity index (χ0v) is 20.8. The van der Waals surface area contributed by atoms with Gasteiger partial charge in [-0.1, -0.05) is 24.3 Å². The van der Waals surface area contributed by atoms with Gasteiger partial charge in [0, 0.05) is 53.3 Å². The highest BCUT2D eigenvalue weighted by Crippen LogP contribution is 2.35. The van der Waals surface area contributed by atoms with E-state index < -0.39 is 5.91 Å². The van der Waals surface area contributed by atoms with E-state index in [1.54, 1.807) is 25.4 Å². The van der Waals surface area contributed by atoms with Gasteiger partial charge in [-0.3, -0.25) is 19.6 Å². The van der Waals surface area contributed by atoms with Crippen molar-refractivity contribution in [2.75, 3.05) is 5.32 Å². The molecule has 0 unspecified atom stereocenters. The van der Waals surface area contributed by atoms with E-state index in [9.17, 15) is 14.7 Å². The zero-order valence-electron chi connectivity index (χ0n) is 20.8. The second-order valence-corrected chi connectivity index (χ2v) is 9.80. The molecule has 7 heteroatoms. The van der Waals surface area contributed by atoms with Crippen LogP contribution in [0.1, 0.15) is 48.5 Å². The molecule has 0 atom stereocenters. The third-order valence-corrected chi connectivity index (χ3v) is 6.98. The molecule has 1 aliphatic carbocycles. The Morgan fingerprint density at radius 3 is 2.57 bits per heavy atom. The number of hydrogen-bond donors (Lipinski definition) is 3. The van der Waals surface area contributed by atoms with Gasteiger partial charge in [0.25, 0.3) is 5.91 Å². The minimum atomic E-state index is -0.490. The monoisotopic (exact) mass is 494 g/mol. The molecule has 1 saturated carbocycles. The highest BCUT2D eigenvalue weighted by Gasteiger charge is 2.21. The zero-order chi connectivity index (χ0) is 25.9. The lowest BCUT2D eigenvalue weighted by molar-refractivity contribution is -0.116. The first-order valence-electron chi connectivity index (χ1n) is 12.6. The highest BCUT2D eigenvalue weighted by atomic mass is 16.3. The van der Waals surface area contributed by atoms with Crippen LogP contribution >= 0.6 is 0 Å². The first-order chi connectivity index (χ1) is 17.9. The quantitative estimate of drug-likeness (QED) is 0.336. The number of rotatable bonds is 7. The van der Waals surface area contributed by atoms with Gasteiger partial charge < -0.3 is 16.2 Å². The van der Waals surface area contributed by atoms with E-state index in [0.717, 1.165) is 64.4 Å². The Labute approximate surface area is 215 Å². The average molecular weight is 495 g/mol. The molecule has 0 saturated heterocycles. The molecule has 4 aromatic rings. The molecule has 2 heterocycles. The highest BCUT2D eigenvalue weighted by molar-refractivity contribution is 6.04. The fourth-order valence-electron chi connectivity index (χ4n) is 5.17. The van der Waals surface area contributed by atoms with Gasteiger partial charge >= 0.3 is 0 Å². The smallest absolute Gasteiger partial charge is 0.250 e. The number of Topliss-reactive ketones (excluding diaryl/α,β-unsaturated/α-hetero) is 1. The van der Waals surface area contributed by atoms with Crippen LogP contribution in [-0.2, 0) is 11.2 Å². The van der Waals surface area contributed by atoms with E-state index in [2.05, 4.69) is 10.3 Å². The summed E-state index contributed by atoms with van der Waals surface area (Å²) < 4.78 is 0. The Bertz CT molecular complexity index is 1480. The standard InChI is InChI=1S/C30H30N4O3/c1-18(35)13-19-14-21(17-32-16-19)24-3-2-4-26-25(24)11-12-33-29(26)20-5-10-27(30(31)37)28(15-20)34-22-6-8-23(36)9-7-22/h2-5,10-12,14-17,22-23,34,36H,6-9,13H2,1H3,(H2,31,37). The minimum absolute atomic E-state index is 0.0941. The van der Waals surface area contributed by atoms with Gasteiger partial charge in [0.2, 0.25) is 0 Å². The van der Waals surface area contributed by atoms with Crippen LogP contribution in [0.4, 0.5) is 5.69 Å². The number of ketones is 1. The molecule has 188 valence electrons. The number of benzene rings is 2. The molecule has 0 bridgehead atoms. The molecule has 0 radical (unpaired) electrons. The third kappa shape index (κ3) is 5.37. The van der Waals surface area contributed by atoms with Gasteiger partial charge in [0.05, 0.1) is 17.4 Å². The van der Waals surface area contributed by atoms with Crippen LogP contribution in [0.5, 0.6) is 0 Å². The van der Waals surface area contributed by atoms with Crippen LogP contribution in [0.2, 0.25) is 0 Å². The Kier molecular flexibility index (Phi) is 6.97. The molecule has 37 heavy (non-hydrogen) atoms. The Hall–Kier alpha value is -4.10. The summed E-state index contributed by atoms with van der Waals surface area (Å²) in [5, 5.41) is 15.3. The third-order valence-electron chi connectivity index (χ3n) is 6.98. The molecule has 4 N–H and O–H groups in total. The van der Waals surface area contributed by atoms with Crippen LogP contribution in [0.3, 0.4) is 0 Å². The van der Waals surface area contributed by atoms with Crippen LogP contribution in [0.15, 0.2) is 67.1 Å². The largest absolute Gasteiger partial charge is 0.393 e. The number of anilines is 1. The van der Waals surface area contributed by atoms with E-state index in [-0.39, 0.29) is 17.9 Å². The molecule has 1 amide bonds. The van der Waals surface area contributed by atoms with Crippen molar-refractivity contribution >= 4 is 28.2 Å². The summed E-state index contributed by atoms with van der Waals surface area (Å²) in [6.45, 7) is 1.58. The van der Waals surface area contributed by atoms with Gasteiger partial charge in [0.1, 0.15) is 5.78 Å². The normalized spacial score (nSPS) is 17.5. The van der Waals surface area contributed by atoms with E-state index in [1.807, 2.05) is 48.7 Å². The lowest BCUT2D eigenvalue weighted by atomic mass is 9.92. The van der Waals surface area contributed by atoms with Crippen LogP contribution < -0.4 is 11.1 Å². The number of aliphatic hydroxyl groups excluding tert-OH is 1. The van der Waals surface area contributed by atoms with Crippen molar-refractivity contribution in [2.45, 2.75) is 51.2 Å². The number of hydrogen-bond acceptors (Lipinski definition) is 6. The van der Waals surface area contributed by atoms with Crippen LogP contribution in [-0.4, -0.2) is 38.9 Å². The molecule has 0 spiro atoms. The fraction of sp³-hybridized carbons (Fsp3) is 0.267. The van der Waals surface area contributed by atoms with Crippen molar-refractivity contribution in [3.63, 3.8) is 0 Å². The molecule has 7 nitrogen and oxygen atoms in total. The van der Waals surface area contributed by atoms with Crippen LogP contribution in [0, 0.1) is 0 Å². The lowest BCUT2D eigenvalue weighted by Crippen LogP contribution is -2.29. The average Bonchev–Trinajstić information content (AvgIpc) is 2.89. The van der Waals surface area contributed by atoms with Gasteiger partial charge in [-0.15, -0.1) is 0 Å². The van der Waals surface area contributed by atoms with E-state index in [0.29, 0.717) is 17.7 Å². The molecule has 2 aromatic heterocycles. The number of aromatic nitrogens is 2. The summed E-state index contributed by atoms with van der Waals surface area (Å²) in [6, 6.07) is 15.8. The second kappa shape index (κ2) is 10.5. The molecule has 0 aliphatic heterocycles. The van der Waals surface area contributed by atoms with Gasteiger partial charge in [-0.25, -0.2) is 0 Å². The molecular weight excluding hydrogens is 464 g/mol. The number of aliphatic hydroxyl groups is 1. The Morgan fingerprint density at radius 2 is 1.81 bits per heavy atom. The van der Waals surface area contributed by atoms with Crippen molar-refractivity contribution in [2.24, 2.45) is 5.73 Å². The number of nitrogens with two attached hydrogens (primary N) is 1. The summed E-state index contributed by atoms with van der Waals surface area (Å²) in [7, 11) is 0. The maximum Gasteiger partial charge on any atom is 0.250 e. The second-order valence-electron chi connectivity index (χ2n) is 9.80. The molecule has 5 rings (SSSR count).